The molecule has 0 aromatic heterocycles. The molecule has 0 unspecified atom stereocenters. The summed E-state index contributed by atoms with van der Waals surface area (Å²) in [5.41, 5.74) is 0. The van der Waals surface area contributed by atoms with E-state index in [0.29, 0.717) is 18.8 Å². The normalized spacial score (nSPS) is 16.3. The van der Waals surface area contributed by atoms with E-state index in [1.807, 2.05) is 0 Å². The Bertz CT molecular complexity index is 631. The summed E-state index contributed by atoms with van der Waals surface area (Å²) in [6.07, 6.45) is 3.60. The Morgan fingerprint density at radius 1 is 1.13 bits per heavy atom. The molecule has 1 N–H and O–H groups in total. The Morgan fingerprint density at radius 3 is 2.39 bits per heavy atom. The Morgan fingerprint density at radius 2 is 1.78 bits per heavy atom. The fourth-order valence-electron chi connectivity index (χ4n) is 2.64. The monoisotopic (exact) mass is 362 g/mol. The van der Waals surface area contributed by atoms with Gasteiger partial charge in [-0.15, -0.1) is 0 Å². The number of piperidine rings is 1. The van der Waals surface area contributed by atoms with Gasteiger partial charge in [0.15, 0.2) is 0 Å². The van der Waals surface area contributed by atoms with Crippen molar-refractivity contribution in [3.63, 3.8) is 0 Å². The zero-order chi connectivity index (χ0) is 16.9. The first-order chi connectivity index (χ1) is 11.0. The van der Waals surface area contributed by atoms with E-state index >= 15 is 0 Å². The van der Waals surface area contributed by atoms with Gasteiger partial charge in [-0.1, -0.05) is 18.0 Å². The maximum Gasteiger partial charge on any atom is 0.244 e. The Balaban J connectivity index is 2.07. The molecule has 1 fully saturated rings. The summed E-state index contributed by atoms with van der Waals surface area (Å²) in [6.45, 7) is 3.11. The molecular weight excluding hydrogens is 340 g/mol. The fourth-order valence-corrected chi connectivity index (χ4v) is 4.14. The first kappa shape index (κ1) is 18.3. The third kappa shape index (κ3) is 4.73. The minimum absolute atomic E-state index is 0.0180. The molecule has 8 heteroatoms. The molecule has 1 saturated heterocycles. The van der Waals surface area contributed by atoms with Crippen molar-refractivity contribution in [2.75, 3.05) is 40.4 Å². The number of sulfonamides is 1. The quantitative estimate of drug-likeness (QED) is 0.804. The van der Waals surface area contributed by atoms with Crippen LogP contribution in [0, 0.1) is 0 Å². The zero-order valence-electron chi connectivity index (χ0n) is 13.5. The minimum Gasteiger partial charge on any atom is -0.495 e. The molecule has 1 aliphatic heterocycles. The van der Waals surface area contributed by atoms with Crippen molar-refractivity contribution >= 4 is 21.6 Å². The molecule has 1 aromatic carbocycles. The highest BCUT2D eigenvalue weighted by molar-refractivity contribution is 7.89. The number of methoxy groups -OCH3 is 2. The lowest BCUT2D eigenvalue weighted by Gasteiger charge is -2.26. The third-order valence-corrected chi connectivity index (χ3v) is 5.67. The first-order valence-electron chi connectivity index (χ1n) is 7.61. The van der Waals surface area contributed by atoms with Crippen LogP contribution in [-0.4, -0.2) is 53.7 Å². The molecular formula is C15H23ClN2O4S. The van der Waals surface area contributed by atoms with Crippen molar-refractivity contribution < 1.29 is 17.9 Å². The zero-order valence-corrected chi connectivity index (χ0v) is 15.0. The summed E-state index contributed by atoms with van der Waals surface area (Å²) in [7, 11) is -0.817. The van der Waals surface area contributed by atoms with Crippen LogP contribution in [0.5, 0.6) is 11.5 Å². The number of ether oxygens (including phenoxy) is 2. The van der Waals surface area contributed by atoms with Gasteiger partial charge in [-0.25, -0.2) is 13.1 Å². The van der Waals surface area contributed by atoms with Gasteiger partial charge < -0.3 is 14.4 Å². The Kier molecular flexibility index (Phi) is 6.52. The smallest absolute Gasteiger partial charge is 0.244 e. The molecule has 0 bridgehead atoms. The number of nitrogens with one attached hydrogen (secondary N) is 1. The first-order valence-corrected chi connectivity index (χ1v) is 9.47. The van der Waals surface area contributed by atoms with Crippen molar-refractivity contribution in [2.45, 2.75) is 24.2 Å². The average Bonchev–Trinajstić information content (AvgIpc) is 2.55. The second kappa shape index (κ2) is 8.19. The van der Waals surface area contributed by atoms with E-state index in [9.17, 15) is 8.42 Å². The number of hydrogen-bond donors (Lipinski definition) is 1. The van der Waals surface area contributed by atoms with Crippen LogP contribution in [0.2, 0.25) is 5.02 Å². The van der Waals surface area contributed by atoms with Gasteiger partial charge in [0.25, 0.3) is 0 Å². The lowest BCUT2D eigenvalue weighted by Crippen LogP contribution is -2.37. The highest BCUT2D eigenvalue weighted by Gasteiger charge is 2.22. The van der Waals surface area contributed by atoms with Crippen molar-refractivity contribution in [1.82, 2.24) is 9.62 Å². The summed E-state index contributed by atoms with van der Waals surface area (Å²) >= 11 is 6.04. The molecule has 23 heavy (non-hydrogen) atoms. The van der Waals surface area contributed by atoms with E-state index in [-0.39, 0.29) is 15.7 Å². The summed E-state index contributed by atoms with van der Waals surface area (Å²) in [5, 5.41) is 0.227. The van der Waals surface area contributed by atoms with Crippen LogP contribution in [0.25, 0.3) is 0 Å². The molecule has 2 rings (SSSR count). The fraction of sp³-hybridized carbons (Fsp3) is 0.600. The van der Waals surface area contributed by atoms with Crippen molar-refractivity contribution in [3.05, 3.63) is 17.2 Å². The largest absolute Gasteiger partial charge is 0.495 e. The minimum atomic E-state index is -3.69. The number of halogens is 1. The number of hydrogen-bond acceptors (Lipinski definition) is 5. The molecule has 0 radical (unpaired) electrons. The van der Waals surface area contributed by atoms with Crippen LogP contribution >= 0.6 is 11.6 Å². The number of rotatable bonds is 7. The lowest BCUT2D eigenvalue weighted by molar-refractivity contribution is 0.232. The predicted octanol–water partition coefficient (Wildman–Crippen LogP) is 2.12. The summed E-state index contributed by atoms with van der Waals surface area (Å²) in [6, 6.07) is 2.82. The van der Waals surface area contributed by atoms with Gasteiger partial charge in [-0.3, -0.25) is 0 Å². The Labute approximate surface area is 142 Å². The second-order valence-electron chi connectivity index (χ2n) is 5.44. The van der Waals surface area contributed by atoms with E-state index in [0.717, 1.165) is 13.1 Å². The highest BCUT2D eigenvalue weighted by Crippen LogP contribution is 2.34. The standard InChI is InChI=1S/C15H23ClN2O4S/c1-21-13-11-14(22-2)15(10-12(13)16)23(19,20)17-6-9-18-7-4-3-5-8-18/h10-11,17H,3-9H2,1-2H3. The van der Waals surface area contributed by atoms with Gasteiger partial charge in [-0.2, -0.15) is 0 Å². The molecule has 0 amide bonds. The Hall–Kier alpha value is -1.02. The number of benzene rings is 1. The molecule has 1 aromatic rings. The molecule has 1 heterocycles. The van der Waals surface area contributed by atoms with Crippen molar-refractivity contribution in [2.24, 2.45) is 0 Å². The molecule has 0 spiro atoms. The van der Waals surface area contributed by atoms with Crippen LogP contribution in [0.3, 0.4) is 0 Å². The van der Waals surface area contributed by atoms with Gasteiger partial charge in [0, 0.05) is 19.2 Å². The van der Waals surface area contributed by atoms with Gasteiger partial charge in [0.2, 0.25) is 10.0 Å². The van der Waals surface area contributed by atoms with E-state index in [1.54, 1.807) is 0 Å². The van der Waals surface area contributed by atoms with E-state index < -0.39 is 10.0 Å². The average molecular weight is 363 g/mol. The van der Waals surface area contributed by atoms with Crippen LogP contribution in [0.1, 0.15) is 19.3 Å². The lowest BCUT2D eigenvalue weighted by atomic mass is 10.1. The third-order valence-electron chi connectivity index (χ3n) is 3.90. The van der Waals surface area contributed by atoms with Crippen LogP contribution in [0.15, 0.2) is 17.0 Å². The van der Waals surface area contributed by atoms with Crippen LogP contribution in [-0.2, 0) is 10.0 Å². The summed E-state index contributed by atoms with van der Waals surface area (Å²) in [4.78, 5) is 2.29. The molecule has 0 atom stereocenters. The van der Waals surface area contributed by atoms with Gasteiger partial charge in [0.05, 0.1) is 19.2 Å². The number of likely N-dealkylation sites (tertiary alicyclic amines) is 1. The SMILES string of the molecule is COc1cc(OC)c(S(=O)(=O)NCCN2CCCCC2)cc1Cl. The summed E-state index contributed by atoms with van der Waals surface area (Å²) in [5.74, 6) is 0.576. The van der Waals surface area contributed by atoms with E-state index in [1.165, 1.54) is 45.6 Å². The van der Waals surface area contributed by atoms with Gasteiger partial charge in [0.1, 0.15) is 16.4 Å². The van der Waals surface area contributed by atoms with Gasteiger partial charge >= 0.3 is 0 Å². The van der Waals surface area contributed by atoms with Crippen molar-refractivity contribution in [1.29, 1.82) is 0 Å². The maximum atomic E-state index is 12.5. The molecule has 130 valence electrons. The molecule has 0 saturated carbocycles. The van der Waals surface area contributed by atoms with Crippen LogP contribution in [0.4, 0.5) is 0 Å². The highest BCUT2D eigenvalue weighted by atomic mass is 35.5. The summed E-state index contributed by atoms with van der Waals surface area (Å²) < 4.78 is 37.8. The molecule has 1 aliphatic rings. The number of nitrogens with zero attached hydrogens (tertiary/aromatic N) is 1. The second-order valence-corrected chi connectivity index (χ2v) is 7.58. The van der Waals surface area contributed by atoms with E-state index in [4.69, 9.17) is 21.1 Å². The van der Waals surface area contributed by atoms with Crippen molar-refractivity contribution in [3.8, 4) is 11.5 Å². The van der Waals surface area contributed by atoms with Gasteiger partial charge in [-0.05, 0) is 32.0 Å². The van der Waals surface area contributed by atoms with Crippen LogP contribution < -0.4 is 14.2 Å². The molecule has 0 aliphatic carbocycles. The molecule has 6 nitrogen and oxygen atoms in total. The topological polar surface area (TPSA) is 67.9 Å². The van der Waals surface area contributed by atoms with E-state index in [2.05, 4.69) is 9.62 Å². The predicted molar refractivity (Wildman–Crippen MR) is 90.0 cm³/mol. The maximum absolute atomic E-state index is 12.5.